The first-order chi connectivity index (χ1) is 10.5. The lowest BCUT2D eigenvalue weighted by atomic mass is 10.1. The second kappa shape index (κ2) is 6.80. The summed E-state index contributed by atoms with van der Waals surface area (Å²) in [4.78, 5) is 11.4. The Morgan fingerprint density at radius 3 is 2.50 bits per heavy atom. The Balaban J connectivity index is 2.12. The number of benzene rings is 2. The van der Waals surface area contributed by atoms with Gasteiger partial charge in [-0.15, -0.1) is 0 Å². The van der Waals surface area contributed by atoms with Crippen LogP contribution in [0, 0.1) is 5.82 Å². The van der Waals surface area contributed by atoms with Crippen molar-refractivity contribution in [2.24, 2.45) is 0 Å². The van der Waals surface area contributed by atoms with Crippen molar-refractivity contribution in [1.29, 1.82) is 0 Å². The van der Waals surface area contributed by atoms with Crippen LogP contribution in [0.1, 0.15) is 15.9 Å². The topological polar surface area (TPSA) is 73.6 Å². The minimum Gasteiger partial charge on any atom is -0.497 e. The lowest BCUT2D eigenvalue weighted by Crippen LogP contribution is -2.09. The first-order valence-electron chi connectivity index (χ1n) is 6.59. The zero-order valence-electron chi connectivity index (χ0n) is 12.4. The highest BCUT2D eigenvalue weighted by Gasteiger charge is 2.14. The molecule has 3 N–H and O–H groups in total. The predicted molar refractivity (Wildman–Crippen MR) is 82.5 cm³/mol. The molecular weight excluding hydrogens is 287 g/mol. The van der Waals surface area contributed by atoms with Gasteiger partial charge in [-0.3, -0.25) is 0 Å². The number of nitrogens with one attached hydrogen (secondary N) is 1. The molecule has 2 aromatic carbocycles. The average molecular weight is 304 g/mol. The number of anilines is 2. The zero-order chi connectivity index (χ0) is 16.1. The van der Waals surface area contributed by atoms with Gasteiger partial charge in [-0.1, -0.05) is 12.1 Å². The van der Waals surface area contributed by atoms with Crippen LogP contribution in [0.5, 0.6) is 5.75 Å². The molecule has 0 spiro atoms. The van der Waals surface area contributed by atoms with Gasteiger partial charge in [-0.2, -0.15) is 0 Å². The van der Waals surface area contributed by atoms with Crippen LogP contribution in [-0.2, 0) is 11.3 Å². The summed E-state index contributed by atoms with van der Waals surface area (Å²) in [5, 5.41) is 2.94. The number of ether oxygens (including phenoxy) is 2. The normalized spacial score (nSPS) is 10.1. The van der Waals surface area contributed by atoms with Gasteiger partial charge in [0.15, 0.2) is 0 Å². The van der Waals surface area contributed by atoms with Crippen molar-refractivity contribution < 1.29 is 18.7 Å². The number of nitrogens with two attached hydrogens (primary N) is 1. The Labute approximate surface area is 127 Å². The molecule has 0 aliphatic heterocycles. The molecule has 0 unspecified atom stereocenters. The molecule has 0 saturated carbocycles. The smallest absolute Gasteiger partial charge is 0.340 e. The molecule has 2 aromatic rings. The predicted octanol–water partition coefficient (Wildman–Crippen LogP) is 2.82. The monoisotopic (exact) mass is 304 g/mol. The van der Waals surface area contributed by atoms with Crippen molar-refractivity contribution >= 4 is 17.3 Å². The fourth-order valence-electron chi connectivity index (χ4n) is 1.95. The van der Waals surface area contributed by atoms with E-state index >= 15 is 0 Å². The van der Waals surface area contributed by atoms with Gasteiger partial charge in [0.2, 0.25) is 0 Å². The number of methoxy groups -OCH3 is 2. The number of rotatable bonds is 5. The third-order valence-electron chi connectivity index (χ3n) is 3.19. The number of esters is 1. The van der Waals surface area contributed by atoms with Crippen molar-refractivity contribution in [3.05, 3.63) is 53.3 Å². The molecule has 0 saturated heterocycles. The van der Waals surface area contributed by atoms with E-state index < -0.39 is 11.8 Å². The number of carbonyl (C=O) groups excluding carboxylic acids is 1. The molecule has 0 fully saturated rings. The largest absolute Gasteiger partial charge is 0.497 e. The number of hydrogen-bond acceptors (Lipinski definition) is 5. The Kier molecular flexibility index (Phi) is 4.83. The fourth-order valence-corrected chi connectivity index (χ4v) is 1.95. The molecule has 116 valence electrons. The van der Waals surface area contributed by atoms with Gasteiger partial charge >= 0.3 is 5.97 Å². The van der Waals surface area contributed by atoms with Gasteiger partial charge < -0.3 is 20.5 Å². The molecule has 0 amide bonds. The third kappa shape index (κ3) is 3.46. The lowest BCUT2D eigenvalue weighted by Gasteiger charge is -2.11. The molecule has 0 atom stereocenters. The zero-order valence-corrected chi connectivity index (χ0v) is 12.4. The Hall–Kier alpha value is -2.76. The first-order valence-corrected chi connectivity index (χ1v) is 6.59. The van der Waals surface area contributed by atoms with E-state index in [2.05, 4.69) is 10.1 Å². The van der Waals surface area contributed by atoms with E-state index in [1.165, 1.54) is 13.2 Å². The van der Waals surface area contributed by atoms with Crippen molar-refractivity contribution in [1.82, 2.24) is 0 Å². The number of carbonyl (C=O) groups is 1. The summed E-state index contributed by atoms with van der Waals surface area (Å²) in [6, 6.07) is 9.83. The van der Waals surface area contributed by atoms with Crippen molar-refractivity contribution in [3.63, 3.8) is 0 Å². The van der Waals surface area contributed by atoms with Gasteiger partial charge in [0.05, 0.1) is 25.5 Å². The minimum atomic E-state index is -0.668. The summed E-state index contributed by atoms with van der Waals surface area (Å²) < 4.78 is 23.6. The van der Waals surface area contributed by atoms with Gasteiger partial charge in [0.1, 0.15) is 11.6 Å². The highest BCUT2D eigenvalue weighted by Crippen LogP contribution is 2.23. The van der Waals surface area contributed by atoms with E-state index in [0.29, 0.717) is 6.54 Å². The van der Waals surface area contributed by atoms with Crippen LogP contribution < -0.4 is 15.8 Å². The standard InChI is InChI=1S/C16H17FN2O3/c1-21-11-5-3-10(4-6-11)9-19-15-8-14(18)12(7-13(15)17)16(20)22-2/h3-8,19H,9,18H2,1-2H3. The molecular formula is C16H17FN2O3. The first kappa shape index (κ1) is 15.6. The van der Waals surface area contributed by atoms with Gasteiger partial charge in [0.25, 0.3) is 0 Å². The van der Waals surface area contributed by atoms with E-state index in [4.69, 9.17) is 10.5 Å². The summed E-state index contributed by atoms with van der Waals surface area (Å²) >= 11 is 0. The average Bonchev–Trinajstić information content (AvgIpc) is 2.55. The lowest BCUT2D eigenvalue weighted by molar-refractivity contribution is 0.0601. The van der Waals surface area contributed by atoms with E-state index in [1.807, 2.05) is 24.3 Å². The summed E-state index contributed by atoms with van der Waals surface area (Å²) in [6.45, 7) is 0.415. The van der Waals surface area contributed by atoms with Crippen LogP contribution in [0.4, 0.5) is 15.8 Å². The number of nitrogen functional groups attached to an aromatic ring is 1. The van der Waals surface area contributed by atoms with Gasteiger partial charge in [0, 0.05) is 12.2 Å². The second-order valence-corrected chi connectivity index (χ2v) is 4.61. The maximum Gasteiger partial charge on any atom is 0.340 e. The maximum atomic E-state index is 14.0. The van der Waals surface area contributed by atoms with Crippen molar-refractivity contribution in [3.8, 4) is 5.75 Å². The summed E-state index contributed by atoms with van der Waals surface area (Å²) in [5.74, 6) is -0.483. The molecule has 0 heterocycles. The van der Waals surface area contributed by atoms with E-state index in [0.717, 1.165) is 17.4 Å². The van der Waals surface area contributed by atoms with Gasteiger partial charge in [-0.05, 0) is 29.8 Å². The molecule has 22 heavy (non-hydrogen) atoms. The summed E-state index contributed by atoms with van der Waals surface area (Å²) in [5.41, 5.74) is 7.09. The number of hydrogen-bond donors (Lipinski definition) is 2. The highest BCUT2D eigenvalue weighted by atomic mass is 19.1. The molecule has 0 aromatic heterocycles. The molecule has 0 aliphatic rings. The molecule has 5 nitrogen and oxygen atoms in total. The molecule has 2 rings (SSSR count). The molecule has 6 heteroatoms. The van der Waals surface area contributed by atoms with Crippen LogP contribution >= 0.6 is 0 Å². The van der Waals surface area contributed by atoms with Gasteiger partial charge in [-0.25, -0.2) is 9.18 Å². The Morgan fingerprint density at radius 2 is 1.91 bits per heavy atom. The molecule has 0 aliphatic carbocycles. The quantitative estimate of drug-likeness (QED) is 0.656. The van der Waals surface area contributed by atoms with Crippen LogP contribution in [-0.4, -0.2) is 20.2 Å². The summed E-state index contributed by atoms with van der Waals surface area (Å²) in [6.07, 6.45) is 0. The minimum absolute atomic E-state index is 0.00926. The third-order valence-corrected chi connectivity index (χ3v) is 3.19. The summed E-state index contributed by atoms with van der Waals surface area (Å²) in [7, 11) is 2.81. The van der Waals surface area contributed by atoms with Crippen molar-refractivity contribution in [2.45, 2.75) is 6.54 Å². The van der Waals surface area contributed by atoms with Crippen LogP contribution in [0.15, 0.2) is 36.4 Å². The van der Waals surface area contributed by atoms with E-state index in [9.17, 15) is 9.18 Å². The second-order valence-electron chi connectivity index (χ2n) is 4.61. The van der Waals surface area contributed by atoms with Crippen molar-refractivity contribution in [2.75, 3.05) is 25.3 Å². The van der Waals surface area contributed by atoms with Crippen LogP contribution in [0.3, 0.4) is 0 Å². The molecule has 0 radical (unpaired) electrons. The Morgan fingerprint density at radius 1 is 1.23 bits per heavy atom. The van der Waals surface area contributed by atoms with E-state index in [1.54, 1.807) is 7.11 Å². The van der Waals surface area contributed by atoms with E-state index in [-0.39, 0.29) is 16.9 Å². The SMILES string of the molecule is COC(=O)c1cc(F)c(NCc2ccc(OC)cc2)cc1N. The maximum absolute atomic E-state index is 14.0. The Bertz CT molecular complexity index is 672. The highest BCUT2D eigenvalue weighted by molar-refractivity contribution is 5.95. The van der Waals surface area contributed by atoms with Crippen LogP contribution in [0.25, 0.3) is 0 Å². The molecule has 0 bridgehead atoms. The van der Waals surface area contributed by atoms with Crippen LogP contribution in [0.2, 0.25) is 0 Å². The fraction of sp³-hybridized carbons (Fsp3) is 0.188. The number of halogens is 1.